The summed E-state index contributed by atoms with van der Waals surface area (Å²) in [6, 6.07) is 9.44. The molecule has 0 N–H and O–H groups in total. The van der Waals surface area contributed by atoms with E-state index >= 15 is 0 Å². The lowest BCUT2D eigenvalue weighted by Crippen LogP contribution is -2.16. The molecule has 0 atom stereocenters. The number of hydrogen-bond acceptors (Lipinski definition) is 7. The summed E-state index contributed by atoms with van der Waals surface area (Å²) in [5.41, 5.74) is 1.32. The molecule has 0 radical (unpaired) electrons. The van der Waals surface area contributed by atoms with Crippen molar-refractivity contribution in [1.29, 1.82) is 0 Å². The first-order valence-corrected chi connectivity index (χ1v) is 8.26. The molecule has 4 rings (SSSR count). The predicted molar refractivity (Wildman–Crippen MR) is 91.0 cm³/mol. The van der Waals surface area contributed by atoms with Crippen LogP contribution >= 0.6 is 0 Å². The van der Waals surface area contributed by atoms with Crippen molar-refractivity contribution >= 4 is 5.97 Å². The Bertz CT molecular complexity index is 1000. The van der Waals surface area contributed by atoms with Crippen molar-refractivity contribution in [2.24, 2.45) is 0 Å². The van der Waals surface area contributed by atoms with Gasteiger partial charge in [-0.15, -0.1) is 0 Å². The SMILES string of the molecule is Cc1ccc(-c2noc(COC(=O)c3ccc4c(c3)OCCO4)n2)cc1F. The van der Waals surface area contributed by atoms with Crippen molar-refractivity contribution in [1.82, 2.24) is 10.1 Å². The highest BCUT2D eigenvalue weighted by Gasteiger charge is 2.17. The highest BCUT2D eigenvalue weighted by atomic mass is 19.1. The van der Waals surface area contributed by atoms with Crippen LogP contribution < -0.4 is 9.47 Å². The Hall–Kier alpha value is -3.42. The lowest BCUT2D eigenvalue weighted by molar-refractivity contribution is 0.0429. The first kappa shape index (κ1) is 17.0. The molecule has 0 amide bonds. The summed E-state index contributed by atoms with van der Waals surface area (Å²) in [5, 5.41) is 3.78. The number of carbonyl (C=O) groups excluding carboxylic acids is 1. The zero-order chi connectivity index (χ0) is 18.8. The van der Waals surface area contributed by atoms with Crippen molar-refractivity contribution in [2.75, 3.05) is 13.2 Å². The largest absolute Gasteiger partial charge is 0.486 e. The Morgan fingerprint density at radius 2 is 1.96 bits per heavy atom. The molecule has 27 heavy (non-hydrogen) atoms. The number of aryl methyl sites for hydroxylation is 1. The van der Waals surface area contributed by atoms with Crippen LogP contribution in [-0.2, 0) is 11.3 Å². The minimum Gasteiger partial charge on any atom is -0.486 e. The van der Waals surface area contributed by atoms with E-state index in [0.29, 0.717) is 41.4 Å². The molecule has 1 aromatic heterocycles. The van der Waals surface area contributed by atoms with E-state index in [1.165, 1.54) is 6.07 Å². The van der Waals surface area contributed by atoms with E-state index in [4.69, 9.17) is 18.7 Å². The van der Waals surface area contributed by atoms with Gasteiger partial charge >= 0.3 is 5.97 Å². The highest BCUT2D eigenvalue weighted by Crippen LogP contribution is 2.31. The Morgan fingerprint density at radius 1 is 1.15 bits per heavy atom. The summed E-state index contributed by atoms with van der Waals surface area (Å²) in [4.78, 5) is 16.3. The zero-order valence-corrected chi connectivity index (χ0v) is 14.4. The second-order valence-electron chi connectivity index (χ2n) is 5.91. The maximum absolute atomic E-state index is 13.7. The molecule has 0 unspecified atom stereocenters. The minimum absolute atomic E-state index is 0.108. The number of hydrogen-bond donors (Lipinski definition) is 0. The number of nitrogens with zero attached hydrogens (tertiary/aromatic N) is 2. The smallest absolute Gasteiger partial charge is 0.338 e. The van der Waals surface area contributed by atoms with E-state index in [2.05, 4.69) is 10.1 Å². The maximum atomic E-state index is 13.7. The van der Waals surface area contributed by atoms with Crippen LogP contribution in [0.3, 0.4) is 0 Å². The van der Waals surface area contributed by atoms with E-state index in [1.807, 2.05) is 0 Å². The Labute approximate surface area is 153 Å². The average molecular weight is 370 g/mol. The molecular formula is C19H15FN2O5. The monoisotopic (exact) mass is 370 g/mol. The van der Waals surface area contributed by atoms with Crippen LogP contribution in [0.1, 0.15) is 21.8 Å². The molecule has 1 aliphatic rings. The van der Waals surface area contributed by atoms with Gasteiger partial charge in [-0.3, -0.25) is 0 Å². The highest BCUT2D eigenvalue weighted by molar-refractivity contribution is 5.90. The van der Waals surface area contributed by atoms with Crippen LogP contribution in [0.25, 0.3) is 11.4 Å². The van der Waals surface area contributed by atoms with Gasteiger partial charge in [0.25, 0.3) is 5.89 Å². The van der Waals surface area contributed by atoms with Crippen LogP contribution in [0.5, 0.6) is 11.5 Å². The van der Waals surface area contributed by atoms with Crippen molar-refractivity contribution in [3.8, 4) is 22.9 Å². The van der Waals surface area contributed by atoms with E-state index in [1.54, 1.807) is 37.3 Å². The lowest BCUT2D eigenvalue weighted by Gasteiger charge is -2.18. The standard InChI is InChI=1S/C19H15FN2O5/c1-11-2-3-12(8-14(11)20)18-21-17(27-22-18)10-26-19(23)13-4-5-15-16(9-13)25-7-6-24-15/h2-5,8-9H,6-7,10H2,1H3. The molecule has 0 bridgehead atoms. The van der Waals surface area contributed by atoms with Crippen molar-refractivity contribution in [3.05, 3.63) is 59.2 Å². The Morgan fingerprint density at radius 3 is 2.78 bits per heavy atom. The minimum atomic E-state index is -0.562. The molecule has 0 saturated carbocycles. The third kappa shape index (κ3) is 3.59. The molecule has 3 aromatic rings. The fourth-order valence-electron chi connectivity index (χ4n) is 2.54. The quantitative estimate of drug-likeness (QED) is 0.652. The first-order chi connectivity index (χ1) is 13.1. The zero-order valence-electron chi connectivity index (χ0n) is 14.4. The van der Waals surface area contributed by atoms with Gasteiger partial charge in [0.15, 0.2) is 18.1 Å². The first-order valence-electron chi connectivity index (χ1n) is 8.26. The van der Waals surface area contributed by atoms with Crippen LogP contribution in [0.15, 0.2) is 40.9 Å². The summed E-state index contributed by atoms with van der Waals surface area (Å²) in [5.74, 6) is 0.495. The molecular weight excluding hydrogens is 355 g/mol. The van der Waals surface area contributed by atoms with Gasteiger partial charge in [0.05, 0.1) is 5.56 Å². The number of halogens is 1. The topological polar surface area (TPSA) is 83.7 Å². The van der Waals surface area contributed by atoms with Gasteiger partial charge < -0.3 is 18.7 Å². The molecule has 138 valence electrons. The van der Waals surface area contributed by atoms with Gasteiger partial charge in [0, 0.05) is 5.56 Å². The van der Waals surface area contributed by atoms with Gasteiger partial charge in [-0.25, -0.2) is 9.18 Å². The molecule has 7 nitrogen and oxygen atoms in total. The molecule has 8 heteroatoms. The molecule has 2 aromatic carbocycles. The summed E-state index contributed by atoms with van der Waals surface area (Å²) < 4.78 is 34.8. The summed E-state index contributed by atoms with van der Waals surface area (Å²) in [6.07, 6.45) is 0. The van der Waals surface area contributed by atoms with E-state index in [9.17, 15) is 9.18 Å². The van der Waals surface area contributed by atoms with Gasteiger partial charge in [-0.2, -0.15) is 4.98 Å². The number of rotatable bonds is 4. The van der Waals surface area contributed by atoms with E-state index in [0.717, 1.165) is 0 Å². The number of benzene rings is 2. The number of esters is 1. The second kappa shape index (κ2) is 7.06. The van der Waals surface area contributed by atoms with E-state index in [-0.39, 0.29) is 24.1 Å². The summed E-state index contributed by atoms with van der Waals surface area (Å²) in [7, 11) is 0. The second-order valence-corrected chi connectivity index (χ2v) is 5.91. The lowest BCUT2D eigenvalue weighted by atomic mass is 10.1. The van der Waals surface area contributed by atoms with Crippen molar-refractivity contribution < 1.29 is 27.9 Å². The Kier molecular flexibility index (Phi) is 4.45. The molecule has 0 spiro atoms. The third-order valence-electron chi connectivity index (χ3n) is 4.00. The van der Waals surface area contributed by atoms with Crippen LogP contribution in [-0.4, -0.2) is 29.3 Å². The van der Waals surface area contributed by atoms with Crippen molar-refractivity contribution in [2.45, 2.75) is 13.5 Å². The number of carbonyl (C=O) groups is 1. The van der Waals surface area contributed by atoms with Gasteiger partial charge in [-0.05, 0) is 36.8 Å². The molecule has 1 aliphatic heterocycles. The summed E-state index contributed by atoms with van der Waals surface area (Å²) in [6.45, 7) is 2.36. The predicted octanol–water partition coefficient (Wildman–Crippen LogP) is 3.31. The molecule has 0 fully saturated rings. The number of fused-ring (bicyclic) bond motifs is 1. The fourth-order valence-corrected chi connectivity index (χ4v) is 2.54. The average Bonchev–Trinajstić information content (AvgIpc) is 3.17. The summed E-state index contributed by atoms with van der Waals surface area (Å²) >= 11 is 0. The Balaban J connectivity index is 1.42. The fraction of sp³-hybridized carbons (Fsp3) is 0.211. The van der Waals surface area contributed by atoms with E-state index < -0.39 is 5.97 Å². The number of aromatic nitrogens is 2. The normalized spacial score (nSPS) is 12.7. The molecule has 2 heterocycles. The van der Waals surface area contributed by atoms with Crippen LogP contribution in [0, 0.1) is 12.7 Å². The van der Waals surface area contributed by atoms with Crippen LogP contribution in [0.2, 0.25) is 0 Å². The molecule has 0 saturated heterocycles. The van der Waals surface area contributed by atoms with Gasteiger partial charge in [0.1, 0.15) is 19.0 Å². The number of ether oxygens (including phenoxy) is 3. The van der Waals surface area contributed by atoms with Gasteiger partial charge in [-0.1, -0.05) is 17.3 Å². The maximum Gasteiger partial charge on any atom is 0.338 e. The van der Waals surface area contributed by atoms with Gasteiger partial charge in [0.2, 0.25) is 5.82 Å². The third-order valence-corrected chi connectivity index (χ3v) is 4.00. The van der Waals surface area contributed by atoms with Crippen molar-refractivity contribution in [3.63, 3.8) is 0 Å². The molecule has 0 aliphatic carbocycles. The van der Waals surface area contributed by atoms with Crippen LogP contribution in [0.4, 0.5) is 4.39 Å².